The van der Waals surface area contributed by atoms with Crippen LogP contribution in [0.3, 0.4) is 0 Å². The zero-order valence-corrected chi connectivity index (χ0v) is 19.6. The molecule has 2 aromatic heterocycles. The molecule has 35 heavy (non-hydrogen) atoms. The molecule has 6 rings (SSSR count). The van der Waals surface area contributed by atoms with E-state index in [1.54, 1.807) is 7.11 Å². The van der Waals surface area contributed by atoms with Crippen molar-refractivity contribution >= 4 is 5.52 Å². The number of hydrogen-bond donors (Lipinski definition) is 0. The Morgan fingerprint density at radius 1 is 0.486 bits per heavy atom. The van der Waals surface area contributed by atoms with E-state index in [0.717, 1.165) is 11.3 Å². The van der Waals surface area contributed by atoms with E-state index in [4.69, 9.17) is 4.74 Å². The van der Waals surface area contributed by atoms with Crippen molar-refractivity contribution in [2.75, 3.05) is 7.11 Å². The van der Waals surface area contributed by atoms with Gasteiger partial charge in [0.1, 0.15) is 5.75 Å². The van der Waals surface area contributed by atoms with E-state index in [1.165, 1.54) is 44.6 Å². The number of pyridine rings is 1. The summed E-state index contributed by atoms with van der Waals surface area (Å²) in [7, 11) is 1.70. The Kier molecular flexibility index (Phi) is 5.40. The van der Waals surface area contributed by atoms with Gasteiger partial charge in [-0.25, -0.2) is 0 Å². The van der Waals surface area contributed by atoms with Gasteiger partial charge in [-0.2, -0.15) is 0 Å². The van der Waals surface area contributed by atoms with E-state index < -0.39 is 0 Å². The molecule has 4 aromatic carbocycles. The van der Waals surface area contributed by atoms with Gasteiger partial charge in [0, 0.05) is 17.3 Å². The molecule has 2 heterocycles. The predicted molar refractivity (Wildman–Crippen MR) is 146 cm³/mol. The average Bonchev–Trinajstić information content (AvgIpc) is 3.34. The van der Waals surface area contributed by atoms with E-state index in [2.05, 4.69) is 126 Å². The van der Waals surface area contributed by atoms with Crippen molar-refractivity contribution in [2.24, 2.45) is 0 Å². The maximum absolute atomic E-state index is 5.44. The highest BCUT2D eigenvalue weighted by Gasteiger charge is 2.18. The first-order valence-electron chi connectivity index (χ1n) is 11.8. The highest BCUT2D eigenvalue weighted by molar-refractivity contribution is 5.98. The van der Waals surface area contributed by atoms with Crippen LogP contribution >= 0.6 is 0 Å². The summed E-state index contributed by atoms with van der Waals surface area (Å²) < 4.78 is 7.80. The zero-order valence-electron chi connectivity index (χ0n) is 19.6. The molecule has 0 unspecified atom stereocenters. The second-order valence-electron chi connectivity index (χ2n) is 8.63. The molecule has 0 atom stereocenters. The maximum atomic E-state index is 5.44. The van der Waals surface area contributed by atoms with Crippen LogP contribution < -0.4 is 4.74 Å². The summed E-state index contributed by atoms with van der Waals surface area (Å²) in [5, 5.41) is 0. The fourth-order valence-electron chi connectivity index (χ4n) is 4.78. The number of methoxy groups -OCH3 is 1. The molecular formula is C33H25NO. The molecule has 0 aliphatic rings. The molecule has 6 aromatic rings. The van der Waals surface area contributed by atoms with Crippen molar-refractivity contribution in [3.05, 3.63) is 134 Å². The van der Waals surface area contributed by atoms with Gasteiger partial charge >= 0.3 is 0 Å². The summed E-state index contributed by atoms with van der Waals surface area (Å²) in [6.07, 6.45) is 2.27. The fraction of sp³-hybridized carbons (Fsp3) is 0.0303. The Labute approximate surface area is 205 Å². The summed E-state index contributed by atoms with van der Waals surface area (Å²) in [6.45, 7) is 0. The predicted octanol–water partition coefficient (Wildman–Crippen LogP) is 8.62. The van der Waals surface area contributed by atoms with Gasteiger partial charge in [-0.3, -0.25) is 0 Å². The minimum absolute atomic E-state index is 0.854. The van der Waals surface area contributed by atoms with Crippen molar-refractivity contribution in [2.45, 2.75) is 0 Å². The molecule has 0 fully saturated rings. The Morgan fingerprint density at radius 3 is 1.60 bits per heavy atom. The van der Waals surface area contributed by atoms with Crippen LogP contribution in [0.15, 0.2) is 134 Å². The third-order valence-corrected chi connectivity index (χ3v) is 6.52. The zero-order chi connectivity index (χ0) is 23.6. The van der Waals surface area contributed by atoms with Gasteiger partial charge in [0.05, 0.1) is 18.3 Å². The van der Waals surface area contributed by atoms with Crippen LogP contribution in [0.2, 0.25) is 0 Å². The van der Waals surface area contributed by atoms with Crippen molar-refractivity contribution < 1.29 is 4.74 Å². The SMILES string of the molecule is COc1ccc(-c2cc(-c3ccccc3)cn3c(-c4ccccc4)cc(-c4ccccc4)c23)cc1. The van der Waals surface area contributed by atoms with Crippen LogP contribution in [0, 0.1) is 0 Å². The number of hydrogen-bond acceptors (Lipinski definition) is 1. The van der Waals surface area contributed by atoms with Crippen LogP contribution in [0.5, 0.6) is 5.75 Å². The van der Waals surface area contributed by atoms with Gasteiger partial charge in [-0.15, -0.1) is 0 Å². The summed E-state index contributed by atoms with van der Waals surface area (Å²) in [4.78, 5) is 0. The van der Waals surface area contributed by atoms with E-state index >= 15 is 0 Å². The summed E-state index contributed by atoms with van der Waals surface area (Å²) in [5.74, 6) is 0.854. The first-order chi connectivity index (χ1) is 17.3. The van der Waals surface area contributed by atoms with Crippen LogP contribution in [-0.2, 0) is 0 Å². The van der Waals surface area contributed by atoms with Crippen molar-refractivity contribution in [3.63, 3.8) is 0 Å². The first kappa shape index (κ1) is 21.0. The second kappa shape index (κ2) is 9.00. The lowest BCUT2D eigenvalue weighted by Crippen LogP contribution is -1.94. The first-order valence-corrected chi connectivity index (χ1v) is 11.8. The van der Waals surface area contributed by atoms with Crippen LogP contribution in [-0.4, -0.2) is 11.5 Å². The van der Waals surface area contributed by atoms with Crippen LogP contribution in [0.4, 0.5) is 0 Å². The number of fused-ring (bicyclic) bond motifs is 1. The Morgan fingerprint density at radius 2 is 1.00 bits per heavy atom. The van der Waals surface area contributed by atoms with Crippen molar-refractivity contribution in [1.82, 2.24) is 4.40 Å². The minimum atomic E-state index is 0.854. The second-order valence-corrected chi connectivity index (χ2v) is 8.63. The lowest BCUT2D eigenvalue weighted by atomic mass is 9.97. The number of ether oxygens (including phenoxy) is 1. The van der Waals surface area contributed by atoms with Gasteiger partial charge in [0.2, 0.25) is 0 Å². The Bertz CT molecular complexity index is 1580. The molecule has 0 aliphatic heterocycles. The number of rotatable bonds is 5. The maximum Gasteiger partial charge on any atom is 0.118 e. The van der Waals surface area contributed by atoms with Crippen LogP contribution in [0.25, 0.3) is 50.2 Å². The van der Waals surface area contributed by atoms with Crippen molar-refractivity contribution in [3.8, 4) is 50.4 Å². The monoisotopic (exact) mass is 451 g/mol. The molecule has 0 spiro atoms. The number of benzene rings is 4. The highest BCUT2D eigenvalue weighted by atomic mass is 16.5. The number of aromatic nitrogens is 1. The molecule has 2 nitrogen and oxygen atoms in total. The number of nitrogens with zero attached hydrogens (tertiary/aromatic N) is 1. The molecule has 2 heteroatoms. The molecule has 0 saturated carbocycles. The molecule has 0 N–H and O–H groups in total. The molecule has 0 saturated heterocycles. The van der Waals surface area contributed by atoms with E-state index in [1.807, 2.05) is 12.1 Å². The van der Waals surface area contributed by atoms with Gasteiger partial charge in [0.15, 0.2) is 0 Å². The molecule has 168 valence electrons. The van der Waals surface area contributed by atoms with E-state index in [0.29, 0.717) is 0 Å². The third kappa shape index (κ3) is 3.89. The summed E-state index contributed by atoms with van der Waals surface area (Å²) in [5.41, 5.74) is 10.7. The van der Waals surface area contributed by atoms with Gasteiger partial charge in [-0.05, 0) is 52.1 Å². The molecule has 0 bridgehead atoms. The lowest BCUT2D eigenvalue weighted by molar-refractivity contribution is 0.415. The van der Waals surface area contributed by atoms with E-state index in [-0.39, 0.29) is 0 Å². The largest absolute Gasteiger partial charge is 0.497 e. The standard InChI is InChI=1S/C33H25NO/c1-35-29-19-17-26(18-20-29)30-21-28(24-11-5-2-6-12-24)23-34-32(27-15-9-4-10-16-27)22-31(33(30)34)25-13-7-3-8-14-25/h2-23H,1H3. The summed E-state index contributed by atoms with van der Waals surface area (Å²) in [6, 6.07) is 44.8. The molecule has 0 amide bonds. The lowest BCUT2D eigenvalue weighted by Gasteiger charge is -2.14. The van der Waals surface area contributed by atoms with Gasteiger partial charge < -0.3 is 9.14 Å². The summed E-state index contributed by atoms with van der Waals surface area (Å²) >= 11 is 0. The van der Waals surface area contributed by atoms with Gasteiger partial charge in [-0.1, -0.05) is 103 Å². The van der Waals surface area contributed by atoms with Crippen molar-refractivity contribution in [1.29, 1.82) is 0 Å². The highest BCUT2D eigenvalue weighted by Crippen LogP contribution is 2.41. The minimum Gasteiger partial charge on any atom is -0.497 e. The van der Waals surface area contributed by atoms with Gasteiger partial charge in [0.25, 0.3) is 0 Å². The smallest absolute Gasteiger partial charge is 0.118 e. The Balaban J connectivity index is 1.72. The Hall–Kier alpha value is -4.56. The van der Waals surface area contributed by atoms with Crippen LogP contribution in [0.1, 0.15) is 0 Å². The third-order valence-electron chi connectivity index (χ3n) is 6.52. The molecule has 0 radical (unpaired) electrons. The fourth-order valence-corrected chi connectivity index (χ4v) is 4.78. The average molecular weight is 452 g/mol. The quantitative estimate of drug-likeness (QED) is 0.256. The normalized spacial score (nSPS) is 11.0. The molecular weight excluding hydrogens is 426 g/mol. The van der Waals surface area contributed by atoms with E-state index in [9.17, 15) is 0 Å². The molecule has 0 aliphatic carbocycles. The topological polar surface area (TPSA) is 13.6 Å².